The Morgan fingerprint density at radius 2 is 1.65 bits per heavy atom. The van der Waals surface area contributed by atoms with Gasteiger partial charge < -0.3 is 15.1 Å². The molecule has 122 valence electrons. The molecule has 3 amide bonds. The third kappa shape index (κ3) is 3.67. The number of amides is 3. The summed E-state index contributed by atoms with van der Waals surface area (Å²) in [5.41, 5.74) is 0.815. The predicted molar refractivity (Wildman–Crippen MR) is 82.9 cm³/mol. The van der Waals surface area contributed by atoms with Crippen LogP contribution >= 0.6 is 0 Å². The first-order chi connectivity index (χ1) is 11.0. The maximum absolute atomic E-state index is 12.5. The number of hydrogen-bond acceptors (Lipinski definition) is 4. The lowest BCUT2D eigenvalue weighted by Gasteiger charge is -2.34. The van der Waals surface area contributed by atoms with Crippen molar-refractivity contribution in [2.24, 2.45) is 0 Å². The second kappa shape index (κ2) is 6.36. The van der Waals surface area contributed by atoms with Crippen LogP contribution in [0.3, 0.4) is 0 Å². The Bertz CT molecular complexity index is 634. The fraction of sp³-hybridized carbons (Fsp3) is 0.500. The highest BCUT2D eigenvalue weighted by Crippen LogP contribution is 2.19. The summed E-state index contributed by atoms with van der Waals surface area (Å²) in [5.74, 6) is -0.310. The zero-order valence-corrected chi connectivity index (χ0v) is 13.1. The van der Waals surface area contributed by atoms with Crippen LogP contribution in [0.1, 0.15) is 40.5 Å². The van der Waals surface area contributed by atoms with Crippen molar-refractivity contribution >= 4 is 17.7 Å². The number of nitrogens with zero attached hydrogens (tertiary/aromatic N) is 3. The van der Waals surface area contributed by atoms with Crippen molar-refractivity contribution in [1.29, 1.82) is 0 Å². The second-order valence-electron chi connectivity index (χ2n) is 6.01. The van der Waals surface area contributed by atoms with E-state index in [-0.39, 0.29) is 23.8 Å². The van der Waals surface area contributed by atoms with Crippen LogP contribution in [-0.4, -0.2) is 64.7 Å². The van der Waals surface area contributed by atoms with E-state index in [4.69, 9.17) is 0 Å². The first-order valence-corrected chi connectivity index (χ1v) is 7.85. The van der Waals surface area contributed by atoms with Gasteiger partial charge in [-0.1, -0.05) is 0 Å². The Hall–Kier alpha value is -2.44. The molecule has 7 heteroatoms. The van der Waals surface area contributed by atoms with Gasteiger partial charge in [0, 0.05) is 51.5 Å². The Morgan fingerprint density at radius 3 is 2.26 bits per heavy atom. The van der Waals surface area contributed by atoms with Gasteiger partial charge in [-0.3, -0.25) is 19.4 Å². The number of nitrogens with one attached hydrogen (secondary N) is 1. The van der Waals surface area contributed by atoms with E-state index in [0.717, 1.165) is 12.8 Å². The monoisotopic (exact) mass is 316 g/mol. The van der Waals surface area contributed by atoms with E-state index in [1.165, 1.54) is 19.3 Å². The van der Waals surface area contributed by atoms with Gasteiger partial charge in [0.15, 0.2) is 0 Å². The molecule has 1 saturated heterocycles. The Morgan fingerprint density at radius 1 is 1.04 bits per heavy atom. The van der Waals surface area contributed by atoms with Gasteiger partial charge in [0.05, 0.1) is 11.1 Å². The van der Waals surface area contributed by atoms with Gasteiger partial charge in [-0.05, 0) is 18.9 Å². The van der Waals surface area contributed by atoms with Gasteiger partial charge in [0.25, 0.3) is 11.8 Å². The number of pyridine rings is 1. The van der Waals surface area contributed by atoms with Gasteiger partial charge in [-0.2, -0.15) is 0 Å². The summed E-state index contributed by atoms with van der Waals surface area (Å²) in [5, 5.41) is 2.89. The quantitative estimate of drug-likeness (QED) is 0.868. The van der Waals surface area contributed by atoms with E-state index in [0.29, 0.717) is 37.3 Å². The average Bonchev–Trinajstić information content (AvgIpc) is 3.38. The maximum Gasteiger partial charge on any atom is 0.255 e. The lowest BCUT2D eigenvalue weighted by molar-refractivity contribution is -0.130. The minimum atomic E-state index is -0.184. The fourth-order valence-electron chi connectivity index (χ4n) is 2.58. The van der Waals surface area contributed by atoms with E-state index in [1.54, 1.807) is 15.9 Å². The highest BCUT2D eigenvalue weighted by Gasteiger charge is 2.26. The van der Waals surface area contributed by atoms with Crippen molar-refractivity contribution in [3.05, 3.63) is 29.6 Å². The van der Waals surface area contributed by atoms with Crippen LogP contribution in [0.15, 0.2) is 18.5 Å². The topological polar surface area (TPSA) is 82.6 Å². The molecule has 0 aromatic carbocycles. The second-order valence-corrected chi connectivity index (χ2v) is 6.01. The molecule has 1 saturated carbocycles. The van der Waals surface area contributed by atoms with Crippen molar-refractivity contribution < 1.29 is 14.4 Å². The van der Waals surface area contributed by atoms with E-state index >= 15 is 0 Å². The number of aromatic nitrogens is 1. The molecule has 0 bridgehead atoms. The minimum Gasteiger partial charge on any atom is -0.349 e. The third-order valence-corrected chi connectivity index (χ3v) is 4.17. The molecule has 0 radical (unpaired) electrons. The summed E-state index contributed by atoms with van der Waals surface area (Å²) in [6, 6.07) is 1.85. The van der Waals surface area contributed by atoms with E-state index < -0.39 is 0 Å². The molecule has 2 heterocycles. The lowest BCUT2D eigenvalue weighted by atomic mass is 10.1. The van der Waals surface area contributed by atoms with Crippen LogP contribution in [0.4, 0.5) is 0 Å². The summed E-state index contributed by atoms with van der Waals surface area (Å²) >= 11 is 0. The van der Waals surface area contributed by atoms with Crippen LogP contribution < -0.4 is 5.32 Å². The number of carbonyl (C=O) groups is 3. The van der Waals surface area contributed by atoms with Crippen LogP contribution in [0.2, 0.25) is 0 Å². The molecule has 1 aliphatic carbocycles. The molecule has 3 rings (SSSR count). The molecule has 2 fully saturated rings. The van der Waals surface area contributed by atoms with Crippen LogP contribution in [0.5, 0.6) is 0 Å². The molecule has 7 nitrogen and oxygen atoms in total. The molecule has 2 aliphatic rings. The summed E-state index contributed by atoms with van der Waals surface area (Å²) < 4.78 is 0. The van der Waals surface area contributed by atoms with Crippen LogP contribution in [-0.2, 0) is 4.79 Å². The fourth-order valence-corrected chi connectivity index (χ4v) is 2.58. The molecular formula is C16H20N4O3. The largest absolute Gasteiger partial charge is 0.349 e. The van der Waals surface area contributed by atoms with Gasteiger partial charge in [-0.25, -0.2) is 0 Å². The highest BCUT2D eigenvalue weighted by molar-refractivity contribution is 5.99. The number of piperazine rings is 1. The summed E-state index contributed by atoms with van der Waals surface area (Å²) in [6.45, 7) is 3.60. The summed E-state index contributed by atoms with van der Waals surface area (Å²) in [4.78, 5) is 43.3. The van der Waals surface area contributed by atoms with Crippen LogP contribution in [0.25, 0.3) is 0 Å². The van der Waals surface area contributed by atoms with Crippen molar-refractivity contribution in [1.82, 2.24) is 20.1 Å². The molecule has 0 spiro atoms. The molecular weight excluding hydrogens is 296 g/mol. The molecule has 1 aromatic heterocycles. The van der Waals surface area contributed by atoms with E-state index in [2.05, 4.69) is 10.3 Å². The number of rotatable bonds is 3. The first kappa shape index (κ1) is 15.5. The van der Waals surface area contributed by atoms with Crippen molar-refractivity contribution in [3.63, 3.8) is 0 Å². The van der Waals surface area contributed by atoms with Crippen molar-refractivity contribution in [2.75, 3.05) is 26.2 Å². The SMILES string of the molecule is CC(=O)N1CCN(C(=O)c2cncc(C(=O)NC3CC3)c2)CC1. The predicted octanol–water partition coefficient (Wildman–Crippen LogP) is 0.278. The first-order valence-electron chi connectivity index (χ1n) is 7.85. The van der Waals surface area contributed by atoms with E-state index in [1.807, 2.05) is 0 Å². The number of hydrogen-bond donors (Lipinski definition) is 1. The summed E-state index contributed by atoms with van der Waals surface area (Å²) in [7, 11) is 0. The lowest BCUT2D eigenvalue weighted by Crippen LogP contribution is -2.50. The molecule has 0 unspecified atom stereocenters. The highest BCUT2D eigenvalue weighted by atomic mass is 16.2. The molecule has 1 aromatic rings. The zero-order valence-electron chi connectivity index (χ0n) is 13.1. The van der Waals surface area contributed by atoms with Gasteiger partial charge in [0.1, 0.15) is 0 Å². The van der Waals surface area contributed by atoms with Crippen molar-refractivity contribution in [3.8, 4) is 0 Å². The Balaban J connectivity index is 1.65. The maximum atomic E-state index is 12.5. The Labute approximate surface area is 134 Å². The average molecular weight is 316 g/mol. The molecule has 0 atom stereocenters. The van der Waals surface area contributed by atoms with Crippen LogP contribution in [0, 0.1) is 0 Å². The standard InChI is InChI=1S/C16H20N4O3/c1-11(21)19-4-6-20(7-5-19)16(23)13-8-12(9-17-10-13)15(22)18-14-2-3-14/h8-10,14H,2-7H2,1H3,(H,18,22). The van der Waals surface area contributed by atoms with Gasteiger partial charge >= 0.3 is 0 Å². The van der Waals surface area contributed by atoms with Gasteiger partial charge in [-0.15, -0.1) is 0 Å². The Kier molecular flexibility index (Phi) is 4.27. The smallest absolute Gasteiger partial charge is 0.255 e. The minimum absolute atomic E-state index is 0.0255. The normalized spacial score (nSPS) is 17.8. The van der Waals surface area contributed by atoms with Crippen molar-refractivity contribution in [2.45, 2.75) is 25.8 Å². The molecule has 1 N–H and O–H groups in total. The summed E-state index contributed by atoms with van der Waals surface area (Å²) in [6.07, 6.45) is 4.98. The molecule has 1 aliphatic heterocycles. The number of carbonyl (C=O) groups excluding carboxylic acids is 3. The third-order valence-electron chi connectivity index (χ3n) is 4.17. The van der Waals surface area contributed by atoms with E-state index in [9.17, 15) is 14.4 Å². The zero-order chi connectivity index (χ0) is 16.4. The van der Waals surface area contributed by atoms with Gasteiger partial charge in [0.2, 0.25) is 5.91 Å². The molecule has 23 heavy (non-hydrogen) atoms.